The number of nitrogens with zero attached hydrogens (tertiary/aromatic N) is 4. The molecule has 1 aliphatic rings. The maximum atomic E-state index is 11.4. The summed E-state index contributed by atoms with van der Waals surface area (Å²) in [5.41, 5.74) is 8.02. The normalized spacial score (nSPS) is 14.8. The summed E-state index contributed by atoms with van der Waals surface area (Å²) in [5.74, 6) is -0.111. The molecule has 7 nitrogen and oxygen atoms in total. The van der Waals surface area contributed by atoms with E-state index in [0.29, 0.717) is 32.5 Å². The Morgan fingerprint density at radius 3 is 3.06 bits per heavy atom. The highest BCUT2D eigenvalue weighted by Gasteiger charge is 2.21. The number of amides is 2. The van der Waals surface area contributed by atoms with Crippen LogP contribution in [0, 0.1) is 0 Å². The quantitative estimate of drug-likeness (QED) is 0.307. The first-order valence-corrected chi connectivity index (χ1v) is 5.29. The lowest BCUT2D eigenvalue weighted by Gasteiger charge is -2.14. The van der Waals surface area contributed by atoms with Crippen molar-refractivity contribution in [1.29, 1.82) is 0 Å². The minimum Gasteiger partial charge on any atom is -0.355 e. The summed E-state index contributed by atoms with van der Waals surface area (Å²) in [6.45, 7) is 1.66. The van der Waals surface area contributed by atoms with Gasteiger partial charge in [-0.2, -0.15) is 0 Å². The molecule has 16 heavy (non-hydrogen) atoms. The van der Waals surface area contributed by atoms with Gasteiger partial charge in [-0.3, -0.25) is 9.59 Å². The molecular weight excluding hydrogens is 210 g/mol. The summed E-state index contributed by atoms with van der Waals surface area (Å²) in [6, 6.07) is 0. The van der Waals surface area contributed by atoms with Gasteiger partial charge < -0.3 is 10.2 Å². The van der Waals surface area contributed by atoms with Crippen molar-refractivity contribution in [1.82, 2.24) is 10.2 Å². The van der Waals surface area contributed by atoms with Crippen LogP contribution in [-0.2, 0) is 9.59 Å². The molecule has 1 N–H and O–H groups in total. The van der Waals surface area contributed by atoms with Crippen molar-refractivity contribution < 1.29 is 9.59 Å². The Morgan fingerprint density at radius 2 is 2.44 bits per heavy atom. The van der Waals surface area contributed by atoms with Crippen LogP contribution in [0.2, 0.25) is 0 Å². The Kier molecular flexibility index (Phi) is 5.15. The number of hydrogen-bond donors (Lipinski definition) is 1. The van der Waals surface area contributed by atoms with E-state index in [1.165, 1.54) is 0 Å². The van der Waals surface area contributed by atoms with E-state index in [0.717, 1.165) is 6.42 Å². The predicted molar refractivity (Wildman–Crippen MR) is 57.5 cm³/mol. The molecule has 1 saturated heterocycles. The van der Waals surface area contributed by atoms with E-state index in [4.69, 9.17) is 5.53 Å². The number of likely N-dealkylation sites (tertiary alicyclic amines) is 1. The van der Waals surface area contributed by atoms with Crippen molar-refractivity contribution in [3.05, 3.63) is 10.4 Å². The third kappa shape index (κ3) is 4.18. The summed E-state index contributed by atoms with van der Waals surface area (Å²) in [5, 5.41) is 6.02. The first-order chi connectivity index (χ1) is 7.74. The number of azide groups is 1. The fourth-order valence-corrected chi connectivity index (χ4v) is 1.52. The maximum absolute atomic E-state index is 11.4. The summed E-state index contributed by atoms with van der Waals surface area (Å²) >= 11 is 0. The number of rotatable bonds is 6. The zero-order valence-corrected chi connectivity index (χ0v) is 9.06. The molecule has 88 valence electrons. The van der Waals surface area contributed by atoms with E-state index in [2.05, 4.69) is 15.3 Å². The second-order valence-corrected chi connectivity index (χ2v) is 3.58. The second kappa shape index (κ2) is 6.68. The number of carbonyl (C=O) groups is 2. The molecule has 0 unspecified atom stereocenters. The van der Waals surface area contributed by atoms with Gasteiger partial charge in [0.2, 0.25) is 11.8 Å². The number of nitrogens with one attached hydrogen (secondary N) is 1. The molecule has 0 bridgehead atoms. The van der Waals surface area contributed by atoms with Crippen LogP contribution in [0.1, 0.15) is 19.3 Å². The Morgan fingerprint density at radius 1 is 1.62 bits per heavy atom. The van der Waals surface area contributed by atoms with Crippen LogP contribution in [0.4, 0.5) is 0 Å². The molecule has 0 radical (unpaired) electrons. The van der Waals surface area contributed by atoms with E-state index >= 15 is 0 Å². The third-order valence-electron chi connectivity index (χ3n) is 2.33. The van der Waals surface area contributed by atoms with Gasteiger partial charge in [0, 0.05) is 31.0 Å². The van der Waals surface area contributed by atoms with Crippen LogP contribution in [0.15, 0.2) is 5.11 Å². The van der Waals surface area contributed by atoms with Gasteiger partial charge in [-0.25, -0.2) is 0 Å². The first-order valence-electron chi connectivity index (χ1n) is 5.29. The zero-order valence-electron chi connectivity index (χ0n) is 9.06. The highest BCUT2D eigenvalue weighted by atomic mass is 16.2. The molecule has 0 saturated carbocycles. The number of hydrogen-bond acceptors (Lipinski definition) is 3. The van der Waals surface area contributed by atoms with Gasteiger partial charge in [-0.15, -0.1) is 0 Å². The Balaban J connectivity index is 2.11. The van der Waals surface area contributed by atoms with E-state index < -0.39 is 0 Å². The minimum atomic E-state index is -0.156. The standard InChI is InChI=1S/C9H15N5O2/c10-13-12-5-2-4-11-8(15)7-14-6-1-3-9(14)16/h1-7H2,(H,11,15). The Labute approximate surface area is 93.4 Å². The second-order valence-electron chi connectivity index (χ2n) is 3.58. The molecule has 0 aromatic heterocycles. The molecule has 2 amide bonds. The molecule has 0 aromatic rings. The van der Waals surface area contributed by atoms with Crippen molar-refractivity contribution in [2.75, 3.05) is 26.2 Å². The lowest BCUT2D eigenvalue weighted by Crippen LogP contribution is -2.38. The first kappa shape index (κ1) is 12.3. The monoisotopic (exact) mass is 225 g/mol. The van der Waals surface area contributed by atoms with Crippen LogP contribution in [0.3, 0.4) is 0 Å². The highest BCUT2D eigenvalue weighted by Crippen LogP contribution is 2.08. The van der Waals surface area contributed by atoms with Crippen molar-refractivity contribution in [3.8, 4) is 0 Å². The summed E-state index contributed by atoms with van der Waals surface area (Å²) in [4.78, 5) is 26.7. The molecule has 7 heteroatoms. The van der Waals surface area contributed by atoms with Gasteiger partial charge in [0.25, 0.3) is 0 Å². The molecule has 0 aromatic carbocycles. The van der Waals surface area contributed by atoms with Crippen molar-refractivity contribution in [2.45, 2.75) is 19.3 Å². The van der Waals surface area contributed by atoms with Gasteiger partial charge in [0.15, 0.2) is 0 Å². The average Bonchev–Trinajstić information content (AvgIpc) is 2.64. The molecule has 0 aliphatic carbocycles. The fraction of sp³-hybridized carbons (Fsp3) is 0.778. The van der Waals surface area contributed by atoms with E-state index in [9.17, 15) is 9.59 Å². The molecule has 1 aliphatic heterocycles. The lowest BCUT2D eigenvalue weighted by molar-refractivity contribution is -0.133. The average molecular weight is 225 g/mol. The highest BCUT2D eigenvalue weighted by molar-refractivity contribution is 5.85. The van der Waals surface area contributed by atoms with Gasteiger partial charge in [0.05, 0.1) is 6.54 Å². The maximum Gasteiger partial charge on any atom is 0.239 e. The zero-order chi connectivity index (χ0) is 11.8. The molecule has 1 rings (SSSR count). The van der Waals surface area contributed by atoms with Crippen molar-refractivity contribution in [3.63, 3.8) is 0 Å². The van der Waals surface area contributed by atoms with Crippen molar-refractivity contribution >= 4 is 11.8 Å². The topological polar surface area (TPSA) is 98.2 Å². The van der Waals surface area contributed by atoms with Crippen LogP contribution < -0.4 is 5.32 Å². The molecule has 0 atom stereocenters. The Bertz CT molecular complexity index is 311. The van der Waals surface area contributed by atoms with E-state index in [1.54, 1.807) is 4.90 Å². The summed E-state index contributed by atoms with van der Waals surface area (Å²) in [6.07, 6.45) is 2.00. The fourth-order valence-electron chi connectivity index (χ4n) is 1.52. The smallest absolute Gasteiger partial charge is 0.239 e. The molecule has 0 spiro atoms. The van der Waals surface area contributed by atoms with E-state index in [1.807, 2.05) is 0 Å². The SMILES string of the molecule is [N-]=[N+]=NCCCNC(=O)CN1CCCC1=O. The third-order valence-corrected chi connectivity index (χ3v) is 2.33. The van der Waals surface area contributed by atoms with Gasteiger partial charge >= 0.3 is 0 Å². The van der Waals surface area contributed by atoms with Crippen LogP contribution in [0.25, 0.3) is 10.4 Å². The largest absolute Gasteiger partial charge is 0.355 e. The van der Waals surface area contributed by atoms with Gasteiger partial charge in [0.1, 0.15) is 0 Å². The minimum absolute atomic E-state index is 0.0456. The molecular formula is C9H15N5O2. The van der Waals surface area contributed by atoms with Crippen LogP contribution in [0.5, 0.6) is 0 Å². The Hall–Kier alpha value is -1.75. The predicted octanol–water partition coefficient (Wildman–Crippen LogP) is 0.425. The summed E-state index contributed by atoms with van der Waals surface area (Å²) in [7, 11) is 0. The molecule has 1 fully saturated rings. The van der Waals surface area contributed by atoms with Gasteiger partial charge in [-0.05, 0) is 18.4 Å². The van der Waals surface area contributed by atoms with Crippen LogP contribution >= 0.6 is 0 Å². The van der Waals surface area contributed by atoms with Gasteiger partial charge in [-0.1, -0.05) is 5.11 Å². The summed E-state index contributed by atoms with van der Waals surface area (Å²) < 4.78 is 0. The number of carbonyl (C=O) groups excluding carboxylic acids is 2. The van der Waals surface area contributed by atoms with Crippen LogP contribution in [-0.4, -0.2) is 42.9 Å². The van der Waals surface area contributed by atoms with Crippen molar-refractivity contribution in [2.24, 2.45) is 5.11 Å². The molecule has 1 heterocycles. The van der Waals surface area contributed by atoms with E-state index in [-0.39, 0.29) is 18.4 Å². The lowest BCUT2D eigenvalue weighted by atomic mass is 10.4.